The van der Waals surface area contributed by atoms with Gasteiger partial charge in [-0.1, -0.05) is 42.1 Å². The summed E-state index contributed by atoms with van der Waals surface area (Å²) in [7, 11) is 4.55. The van der Waals surface area contributed by atoms with E-state index in [1.54, 1.807) is 43.4 Å². The Morgan fingerprint density at radius 3 is 2.31 bits per heavy atom. The lowest BCUT2D eigenvalue weighted by molar-refractivity contribution is -0.113. The molecule has 8 heteroatoms. The van der Waals surface area contributed by atoms with E-state index >= 15 is 0 Å². The molecule has 0 atom stereocenters. The lowest BCUT2D eigenvalue weighted by Crippen LogP contribution is -2.30. The van der Waals surface area contributed by atoms with E-state index < -0.39 is 0 Å². The van der Waals surface area contributed by atoms with Gasteiger partial charge in [0.15, 0.2) is 5.17 Å². The number of aliphatic imine (C=N–C) groups is 1. The van der Waals surface area contributed by atoms with Gasteiger partial charge in [0.2, 0.25) is 0 Å². The van der Waals surface area contributed by atoms with Gasteiger partial charge in [0, 0.05) is 11.8 Å². The van der Waals surface area contributed by atoms with Crippen molar-refractivity contribution in [3.8, 4) is 11.5 Å². The Balaban J connectivity index is 1.62. The molecule has 35 heavy (non-hydrogen) atoms. The highest BCUT2D eigenvalue weighted by Crippen LogP contribution is 2.32. The number of anilines is 1. The zero-order valence-electron chi connectivity index (χ0n) is 19.6. The minimum atomic E-state index is -0.382. The minimum Gasteiger partial charge on any atom is -0.497 e. The number of carbonyl (C=O) groups is 2. The Kier molecular flexibility index (Phi) is 7.52. The van der Waals surface area contributed by atoms with Crippen molar-refractivity contribution in [2.24, 2.45) is 4.99 Å². The average molecular weight is 489 g/mol. The molecule has 7 nitrogen and oxygen atoms in total. The maximum Gasteiger partial charge on any atom is 0.337 e. The van der Waals surface area contributed by atoms with Crippen LogP contribution < -0.4 is 14.4 Å². The van der Waals surface area contributed by atoms with E-state index in [9.17, 15) is 9.59 Å². The van der Waals surface area contributed by atoms with Crippen LogP contribution in [0.2, 0.25) is 0 Å². The first-order chi connectivity index (χ1) is 17.0. The highest BCUT2D eigenvalue weighted by Gasteiger charge is 2.32. The second kappa shape index (κ2) is 10.9. The fourth-order valence-corrected chi connectivity index (χ4v) is 4.40. The lowest BCUT2D eigenvalue weighted by atomic mass is 10.1. The largest absolute Gasteiger partial charge is 0.497 e. The number of carbonyl (C=O) groups excluding carboxylic acids is 2. The van der Waals surface area contributed by atoms with Gasteiger partial charge in [-0.3, -0.25) is 9.69 Å². The van der Waals surface area contributed by atoms with Crippen LogP contribution in [0.15, 0.2) is 83.5 Å². The third kappa shape index (κ3) is 5.55. The Hall–Kier alpha value is -4.04. The van der Waals surface area contributed by atoms with Gasteiger partial charge in [0.05, 0.1) is 32.6 Å². The fraction of sp³-hybridized carbons (Fsp3) is 0.148. The number of methoxy groups -OCH3 is 3. The summed E-state index contributed by atoms with van der Waals surface area (Å²) in [5.41, 5.74) is 3.31. The van der Waals surface area contributed by atoms with Crippen LogP contribution >= 0.6 is 11.8 Å². The molecule has 1 aliphatic rings. The van der Waals surface area contributed by atoms with Crippen LogP contribution in [0.25, 0.3) is 6.08 Å². The number of nitrogens with zero attached hydrogens (tertiary/aromatic N) is 2. The highest BCUT2D eigenvalue weighted by molar-refractivity contribution is 8.13. The molecule has 0 unspecified atom stereocenters. The van der Waals surface area contributed by atoms with Gasteiger partial charge in [-0.2, -0.15) is 0 Å². The monoisotopic (exact) mass is 488 g/mol. The maximum atomic E-state index is 13.4. The molecule has 1 amide bonds. The molecule has 0 N–H and O–H groups in total. The third-order valence-electron chi connectivity index (χ3n) is 5.30. The van der Waals surface area contributed by atoms with Crippen LogP contribution in [0.5, 0.6) is 11.5 Å². The Bertz CT molecular complexity index is 1280. The first kappa shape index (κ1) is 24.1. The summed E-state index contributed by atoms with van der Waals surface area (Å²) in [5.74, 6) is 1.33. The molecular formula is C27H24N2O5S. The second-order valence-electron chi connectivity index (χ2n) is 7.52. The number of amidine groups is 1. The van der Waals surface area contributed by atoms with Crippen molar-refractivity contribution in [3.05, 3.63) is 95.2 Å². The van der Waals surface area contributed by atoms with Crippen LogP contribution in [0, 0.1) is 0 Å². The molecule has 0 radical (unpaired) electrons. The van der Waals surface area contributed by atoms with Gasteiger partial charge >= 0.3 is 5.97 Å². The van der Waals surface area contributed by atoms with Crippen LogP contribution in [0.4, 0.5) is 5.69 Å². The zero-order valence-corrected chi connectivity index (χ0v) is 20.4. The number of rotatable bonds is 7. The Morgan fingerprint density at radius 2 is 1.66 bits per heavy atom. The van der Waals surface area contributed by atoms with Crippen molar-refractivity contribution >= 4 is 40.6 Å². The summed E-state index contributed by atoms with van der Waals surface area (Å²) >= 11 is 1.43. The summed E-state index contributed by atoms with van der Waals surface area (Å²) in [6, 6.07) is 21.9. The Labute approximate surface area is 208 Å². The first-order valence-electron chi connectivity index (χ1n) is 10.8. The molecule has 0 fully saturated rings. The predicted molar refractivity (Wildman–Crippen MR) is 138 cm³/mol. The molecule has 0 saturated heterocycles. The SMILES string of the molecule is COC(=O)c1ccc(CSC2=N/C(=C\c3ccc(OC)cc3)C(=O)N2c2cccc(OC)c2)cc1. The van der Waals surface area contributed by atoms with Crippen molar-refractivity contribution in [3.63, 3.8) is 0 Å². The minimum absolute atomic E-state index is 0.224. The van der Waals surface area contributed by atoms with E-state index in [4.69, 9.17) is 14.2 Å². The van der Waals surface area contributed by atoms with Gasteiger partial charge in [-0.15, -0.1) is 0 Å². The molecule has 3 aromatic rings. The smallest absolute Gasteiger partial charge is 0.337 e. The van der Waals surface area contributed by atoms with Crippen molar-refractivity contribution in [1.29, 1.82) is 0 Å². The summed E-state index contributed by atoms with van der Waals surface area (Å²) in [6.07, 6.45) is 1.76. The number of ether oxygens (including phenoxy) is 3. The number of benzene rings is 3. The molecule has 0 aromatic heterocycles. The number of amides is 1. The fourth-order valence-electron chi connectivity index (χ4n) is 3.43. The molecule has 178 valence electrons. The van der Waals surface area contributed by atoms with E-state index in [0.717, 1.165) is 16.9 Å². The quantitative estimate of drug-likeness (QED) is 0.337. The molecule has 4 rings (SSSR count). The molecular weight excluding hydrogens is 464 g/mol. The van der Waals surface area contributed by atoms with Crippen molar-refractivity contribution < 1.29 is 23.8 Å². The van der Waals surface area contributed by atoms with Gasteiger partial charge in [-0.25, -0.2) is 9.79 Å². The van der Waals surface area contributed by atoms with E-state index in [-0.39, 0.29) is 11.9 Å². The topological polar surface area (TPSA) is 77.4 Å². The predicted octanol–water partition coefficient (Wildman–Crippen LogP) is 5.17. The number of hydrogen-bond donors (Lipinski definition) is 0. The van der Waals surface area contributed by atoms with Crippen LogP contribution in [0.1, 0.15) is 21.5 Å². The van der Waals surface area contributed by atoms with Crippen molar-refractivity contribution in [2.45, 2.75) is 5.75 Å². The van der Waals surface area contributed by atoms with Crippen molar-refractivity contribution in [1.82, 2.24) is 0 Å². The molecule has 3 aromatic carbocycles. The van der Waals surface area contributed by atoms with Crippen LogP contribution in [-0.4, -0.2) is 38.4 Å². The maximum absolute atomic E-state index is 13.4. The summed E-state index contributed by atoms with van der Waals surface area (Å²) in [6.45, 7) is 0. The standard InChI is InChI=1S/C27H24N2O5S/c1-32-22-13-9-18(10-14-22)15-24-25(30)29(21-5-4-6-23(16-21)33-2)27(28-24)35-17-19-7-11-20(12-8-19)26(31)34-3/h4-16H,17H2,1-3H3/b24-15-. The van der Waals surface area contributed by atoms with Crippen LogP contribution in [-0.2, 0) is 15.3 Å². The summed E-state index contributed by atoms with van der Waals surface area (Å²) in [4.78, 5) is 31.4. The second-order valence-corrected chi connectivity index (χ2v) is 8.46. The summed E-state index contributed by atoms with van der Waals surface area (Å²) < 4.78 is 15.3. The van der Waals surface area contributed by atoms with E-state index in [2.05, 4.69) is 4.99 Å². The summed E-state index contributed by atoms with van der Waals surface area (Å²) in [5, 5.41) is 0.556. The van der Waals surface area contributed by atoms with Gasteiger partial charge in [-0.05, 0) is 53.6 Å². The number of hydrogen-bond acceptors (Lipinski definition) is 7. The molecule has 1 heterocycles. The van der Waals surface area contributed by atoms with Crippen molar-refractivity contribution in [2.75, 3.05) is 26.2 Å². The molecule has 0 aliphatic carbocycles. The first-order valence-corrected chi connectivity index (χ1v) is 11.7. The molecule has 1 aliphatic heterocycles. The average Bonchev–Trinajstić information content (AvgIpc) is 3.22. The number of esters is 1. The van der Waals surface area contributed by atoms with Gasteiger partial charge < -0.3 is 14.2 Å². The highest BCUT2D eigenvalue weighted by atomic mass is 32.2. The van der Waals surface area contributed by atoms with Gasteiger partial charge in [0.25, 0.3) is 5.91 Å². The van der Waals surface area contributed by atoms with E-state index in [1.165, 1.54) is 18.9 Å². The van der Waals surface area contributed by atoms with E-state index in [1.807, 2.05) is 54.6 Å². The lowest BCUT2D eigenvalue weighted by Gasteiger charge is -2.18. The molecule has 0 saturated carbocycles. The molecule has 0 bridgehead atoms. The Morgan fingerprint density at radius 1 is 0.943 bits per heavy atom. The normalized spacial score (nSPS) is 14.1. The van der Waals surface area contributed by atoms with Crippen LogP contribution in [0.3, 0.4) is 0 Å². The molecule has 0 spiro atoms. The number of thioether (sulfide) groups is 1. The van der Waals surface area contributed by atoms with E-state index in [0.29, 0.717) is 33.6 Å². The van der Waals surface area contributed by atoms with Gasteiger partial charge in [0.1, 0.15) is 17.2 Å². The zero-order chi connectivity index (χ0) is 24.8. The third-order valence-corrected chi connectivity index (χ3v) is 6.31.